The van der Waals surface area contributed by atoms with Gasteiger partial charge in [0.2, 0.25) is 5.95 Å². The summed E-state index contributed by atoms with van der Waals surface area (Å²) in [6.45, 7) is 6.23. The molecule has 1 N–H and O–H groups in total. The maximum absolute atomic E-state index is 4.92. The van der Waals surface area contributed by atoms with Crippen molar-refractivity contribution < 1.29 is 0 Å². The minimum absolute atomic E-state index is 0.734. The molecular formula is C18H26N6S. The largest absolute Gasteiger partial charge is 0.354 e. The number of aryl methyl sites for hydroxylation is 2. The molecule has 7 heteroatoms. The van der Waals surface area contributed by atoms with Gasteiger partial charge < -0.3 is 10.2 Å². The van der Waals surface area contributed by atoms with Gasteiger partial charge >= 0.3 is 0 Å². The molecule has 0 saturated heterocycles. The van der Waals surface area contributed by atoms with Gasteiger partial charge in [-0.3, -0.25) is 0 Å². The standard InChI is InChI=1S/C18H26N6S/c1-11-6-7-14-13(10-11)15-16-20-12(2)22-24(16)18(21-17(15)25-14)19-8-5-9-23(3)4/h11H,5-10H2,1-4H3,(H,19,21). The Morgan fingerprint density at radius 3 is 2.96 bits per heavy atom. The minimum atomic E-state index is 0.734. The van der Waals surface area contributed by atoms with E-state index >= 15 is 0 Å². The lowest BCUT2D eigenvalue weighted by Gasteiger charge is -2.18. The van der Waals surface area contributed by atoms with Gasteiger partial charge in [-0.25, -0.2) is 9.97 Å². The molecule has 3 aromatic rings. The normalized spacial score (nSPS) is 17.6. The van der Waals surface area contributed by atoms with Crippen LogP contribution >= 0.6 is 11.3 Å². The van der Waals surface area contributed by atoms with Crippen LogP contribution in [0.25, 0.3) is 15.9 Å². The fourth-order valence-corrected chi connectivity index (χ4v) is 4.84. The smallest absolute Gasteiger partial charge is 0.227 e. The van der Waals surface area contributed by atoms with Crippen LogP contribution in [-0.4, -0.2) is 51.7 Å². The van der Waals surface area contributed by atoms with Crippen molar-refractivity contribution >= 4 is 33.1 Å². The molecule has 0 saturated carbocycles. The maximum Gasteiger partial charge on any atom is 0.227 e. The van der Waals surface area contributed by atoms with E-state index in [0.717, 1.165) is 54.1 Å². The van der Waals surface area contributed by atoms with Gasteiger partial charge in [0.1, 0.15) is 10.7 Å². The van der Waals surface area contributed by atoms with Gasteiger partial charge in [0.05, 0.1) is 5.39 Å². The number of thiophene rings is 1. The third-order valence-corrected chi connectivity index (χ3v) is 6.08. The Kier molecular flexibility index (Phi) is 4.37. The molecular weight excluding hydrogens is 332 g/mol. The Balaban J connectivity index is 1.76. The van der Waals surface area contributed by atoms with Crippen molar-refractivity contribution in [3.8, 4) is 0 Å². The number of nitrogens with zero attached hydrogens (tertiary/aromatic N) is 5. The van der Waals surface area contributed by atoms with E-state index in [-0.39, 0.29) is 0 Å². The van der Waals surface area contributed by atoms with Crippen molar-refractivity contribution in [3.05, 3.63) is 16.3 Å². The second-order valence-electron chi connectivity index (χ2n) is 7.45. The first kappa shape index (κ1) is 16.7. The molecule has 25 heavy (non-hydrogen) atoms. The topological polar surface area (TPSA) is 58.4 Å². The van der Waals surface area contributed by atoms with Crippen molar-refractivity contribution in [2.45, 2.75) is 39.5 Å². The molecule has 1 aliphatic carbocycles. The van der Waals surface area contributed by atoms with Crippen LogP contribution in [0.4, 0.5) is 5.95 Å². The van der Waals surface area contributed by atoms with Crippen molar-refractivity contribution in [1.82, 2.24) is 24.5 Å². The van der Waals surface area contributed by atoms with Crippen molar-refractivity contribution in [2.75, 3.05) is 32.5 Å². The zero-order chi connectivity index (χ0) is 17.6. The third-order valence-electron chi connectivity index (χ3n) is 4.90. The number of hydrogen-bond acceptors (Lipinski definition) is 6. The Morgan fingerprint density at radius 2 is 2.16 bits per heavy atom. The fraction of sp³-hybridized carbons (Fsp3) is 0.611. The summed E-state index contributed by atoms with van der Waals surface area (Å²) < 4.78 is 1.90. The molecule has 0 amide bonds. The highest BCUT2D eigenvalue weighted by molar-refractivity contribution is 7.19. The molecule has 0 radical (unpaired) electrons. The molecule has 4 rings (SSSR count). The summed E-state index contributed by atoms with van der Waals surface area (Å²) in [6, 6.07) is 0. The summed E-state index contributed by atoms with van der Waals surface area (Å²) in [4.78, 5) is 14.4. The Labute approximate surface area is 152 Å². The predicted molar refractivity (Wildman–Crippen MR) is 104 cm³/mol. The molecule has 0 aromatic carbocycles. The summed E-state index contributed by atoms with van der Waals surface area (Å²) in [5.74, 6) is 2.35. The van der Waals surface area contributed by atoms with Crippen LogP contribution in [0.3, 0.4) is 0 Å². The zero-order valence-corrected chi connectivity index (χ0v) is 16.3. The predicted octanol–water partition coefficient (Wildman–Crippen LogP) is 3.14. The Bertz CT molecular complexity index is 909. The Hall–Kier alpha value is -1.73. The van der Waals surface area contributed by atoms with E-state index in [0.29, 0.717) is 0 Å². The molecule has 3 heterocycles. The first-order chi connectivity index (χ1) is 12.0. The lowest BCUT2D eigenvalue weighted by atomic mass is 9.89. The molecule has 0 aliphatic heterocycles. The van der Waals surface area contributed by atoms with Crippen LogP contribution in [0.2, 0.25) is 0 Å². The van der Waals surface area contributed by atoms with Gasteiger partial charge in [-0.2, -0.15) is 4.52 Å². The highest BCUT2D eigenvalue weighted by Crippen LogP contribution is 2.39. The number of anilines is 1. The number of fused-ring (bicyclic) bond motifs is 5. The first-order valence-corrected chi connectivity index (χ1v) is 9.91. The molecule has 0 spiro atoms. The molecule has 1 aliphatic rings. The summed E-state index contributed by atoms with van der Waals surface area (Å²) in [5.41, 5.74) is 2.42. The van der Waals surface area contributed by atoms with E-state index < -0.39 is 0 Å². The Morgan fingerprint density at radius 1 is 1.32 bits per heavy atom. The average molecular weight is 359 g/mol. The van der Waals surface area contributed by atoms with Gasteiger partial charge in [0.25, 0.3) is 0 Å². The average Bonchev–Trinajstić information content (AvgIpc) is 3.10. The SMILES string of the molecule is Cc1nc2c3c4c(sc3nc(NCCCN(C)C)n2n1)CCC(C)C4. The van der Waals surface area contributed by atoms with E-state index in [9.17, 15) is 0 Å². The van der Waals surface area contributed by atoms with E-state index in [1.54, 1.807) is 0 Å². The maximum atomic E-state index is 4.92. The summed E-state index contributed by atoms with van der Waals surface area (Å²) in [6.07, 6.45) is 4.65. The minimum Gasteiger partial charge on any atom is -0.354 e. The van der Waals surface area contributed by atoms with Gasteiger partial charge in [-0.15, -0.1) is 16.4 Å². The highest BCUT2D eigenvalue weighted by atomic mass is 32.1. The van der Waals surface area contributed by atoms with Crippen LogP contribution in [0.1, 0.15) is 36.0 Å². The quantitative estimate of drug-likeness (QED) is 0.710. The molecule has 1 unspecified atom stereocenters. The number of aromatic nitrogens is 4. The third kappa shape index (κ3) is 3.11. The van der Waals surface area contributed by atoms with Crippen molar-refractivity contribution in [3.63, 3.8) is 0 Å². The van der Waals surface area contributed by atoms with Crippen LogP contribution in [0.15, 0.2) is 0 Å². The molecule has 134 valence electrons. The lowest BCUT2D eigenvalue weighted by molar-refractivity contribution is 0.405. The van der Waals surface area contributed by atoms with E-state index in [2.05, 4.69) is 36.3 Å². The summed E-state index contributed by atoms with van der Waals surface area (Å²) >= 11 is 1.84. The molecule has 0 bridgehead atoms. The number of rotatable bonds is 5. The molecule has 0 fully saturated rings. The second kappa shape index (κ2) is 6.53. The van der Waals surface area contributed by atoms with Crippen LogP contribution in [0, 0.1) is 12.8 Å². The lowest BCUT2D eigenvalue weighted by Crippen LogP contribution is -2.17. The van der Waals surface area contributed by atoms with Crippen molar-refractivity contribution in [2.24, 2.45) is 5.92 Å². The van der Waals surface area contributed by atoms with Gasteiger partial charge in [-0.1, -0.05) is 6.92 Å². The zero-order valence-electron chi connectivity index (χ0n) is 15.5. The number of nitrogens with one attached hydrogen (secondary N) is 1. The van der Waals surface area contributed by atoms with E-state index in [4.69, 9.17) is 9.97 Å². The van der Waals surface area contributed by atoms with Gasteiger partial charge in [-0.05, 0) is 64.7 Å². The van der Waals surface area contributed by atoms with Crippen LogP contribution < -0.4 is 5.32 Å². The number of hydrogen-bond donors (Lipinski definition) is 1. The van der Waals surface area contributed by atoms with Crippen molar-refractivity contribution in [1.29, 1.82) is 0 Å². The van der Waals surface area contributed by atoms with Crippen LogP contribution in [-0.2, 0) is 12.8 Å². The highest BCUT2D eigenvalue weighted by Gasteiger charge is 2.24. The summed E-state index contributed by atoms with van der Waals surface area (Å²) in [5, 5.41) is 9.29. The first-order valence-electron chi connectivity index (χ1n) is 9.09. The fourth-order valence-electron chi connectivity index (χ4n) is 3.63. The molecule has 6 nitrogen and oxygen atoms in total. The summed E-state index contributed by atoms with van der Waals surface area (Å²) in [7, 11) is 4.20. The monoisotopic (exact) mass is 358 g/mol. The molecule has 1 atom stereocenters. The second-order valence-corrected chi connectivity index (χ2v) is 8.53. The molecule has 3 aromatic heterocycles. The van der Waals surface area contributed by atoms with E-state index in [1.165, 1.54) is 28.7 Å². The van der Waals surface area contributed by atoms with Gasteiger partial charge in [0.15, 0.2) is 5.65 Å². The van der Waals surface area contributed by atoms with Crippen LogP contribution in [0.5, 0.6) is 0 Å². The van der Waals surface area contributed by atoms with E-state index in [1.807, 2.05) is 22.8 Å². The van der Waals surface area contributed by atoms with Gasteiger partial charge in [0, 0.05) is 11.4 Å².